The van der Waals surface area contributed by atoms with Gasteiger partial charge in [0.05, 0.1) is 12.2 Å². The van der Waals surface area contributed by atoms with E-state index in [4.69, 9.17) is 9.84 Å². The molecule has 0 radical (unpaired) electrons. The summed E-state index contributed by atoms with van der Waals surface area (Å²) in [6, 6.07) is 9.04. The highest BCUT2D eigenvalue weighted by molar-refractivity contribution is 5.97. The molecule has 1 heterocycles. The van der Waals surface area contributed by atoms with Crippen molar-refractivity contribution in [2.75, 3.05) is 23.3 Å². The van der Waals surface area contributed by atoms with Crippen molar-refractivity contribution in [1.82, 2.24) is 0 Å². The van der Waals surface area contributed by atoms with E-state index in [1.165, 1.54) is 12.1 Å². The quantitative estimate of drug-likeness (QED) is 0.564. The number of carboxylic acids is 1. The van der Waals surface area contributed by atoms with Crippen molar-refractivity contribution in [2.45, 2.75) is 6.92 Å². The first kappa shape index (κ1) is 17.3. The molecule has 0 aromatic heterocycles. The van der Waals surface area contributed by atoms with Gasteiger partial charge in [-0.25, -0.2) is 9.59 Å². The van der Waals surface area contributed by atoms with Gasteiger partial charge in [0.25, 0.3) is 0 Å². The Morgan fingerprint density at radius 1 is 1.23 bits per heavy atom. The predicted molar refractivity (Wildman–Crippen MR) is 92.7 cm³/mol. The van der Waals surface area contributed by atoms with Crippen molar-refractivity contribution in [2.24, 2.45) is 0 Å². The third kappa shape index (κ3) is 3.59. The number of esters is 1. The van der Waals surface area contributed by atoms with Crippen molar-refractivity contribution in [3.63, 3.8) is 0 Å². The van der Waals surface area contributed by atoms with Gasteiger partial charge in [-0.2, -0.15) is 0 Å². The number of rotatable bonds is 4. The Bertz CT molecular complexity index is 909. The number of aromatic carboxylic acids is 1. The second-order valence-electron chi connectivity index (χ2n) is 5.89. The molecule has 134 valence electrons. The van der Waals surface area contributed by atoms with Crippen LogP contribution in [0.1, 0.15) is 15.9 Å². The number of hydrogen-bond donors (Lipinski definition) is 3. The molecule has 0 saturated heterocycles. The molecule has 3 rings (SSSR count). The molecule has 0 bridgehead atoms. The van der Waals surface area contributed by atoms with Crippen LogP contribution in [0.15, 0.2) is 36.4 Å². The van der Waals surface area contributed by atoms with Crippen LogP contribution in [0.4, 0.5) is 11.4 Å². The molecule has 1 amide bonds. The van der Waals surface area contributed by atoms with Crippen LogP contribution in [-0.2, 0) is 9.59 Å². The number of nitrogens with zero attached hydrogens (tertiary/aromatic N) is 1. The van der Waals surface area contributed by atoms with Crippen molar-refractivity contribution in [3.05, 3.63) is 47.5 Å². The summed E-state index contributed by atoms with van der Waals surface area (Å²) in [5, 5.41) is 21.2. The van der Waals surface area contributed by atoms with Gasteiger partial charge < -0.3 is 25.2 Å². The Balaban J connectivity index is 1.75. The average molecular weight is 356 g/mol. The number of carbonyl (C=O) groups excluding carboxylic acids is 2. The number of phenols is 1. The van der Waals surface area contributed by atoms with Gasteiger partial charge >= 0.3 is 11.9 Å². The summed E-state index contributed by atoms with van der Waals surface area (Å²) in [6.07, 6.45) is 0. The molecule has 2 aromatic rings. The lowest BCUT2D eigenvalue weighted by atomic mass is 10.1. The van der Waals surface area contributed by atoms with Gasteiger partial charge in [-0.1, -0.05) is 6.07 Å². The first-order valence-corrected chi connectivity index (χ1v) is 7.76. The van der Waals surface area contributed by atoms with Crippen molar-refractivity contribution >= 4 is 29.2 Å². The van der Waals surface area contributed by atoms with Gasteiger partial charge in [0.1, 0.15) is 17.9 Å². The van der Waals surface area contributed by atoms with Gasteiger partial charge in [0.2, 0.25) is 5.91 Å². The smallest absolute Gasteiger partial charge is 0.339 e. The van der Waals surface area contributed by atoms with E-state index in [9.17, 15) is 19.5 Å². The lowest BCUT2D eigenvalue weighted by Crippen LogP contribution is -2.41. The van der Waals surface area contributed by atoms with Crippen LogP contribution in [0.25, 0.3) is 0 Å². The third-order valence-electron chi connectivity index (χ3n) is 3.85. The zero-order valence-electron chi connectivity index (χ0n) is 13.9. The molecule has 8 heteroatoms. The van der Waals surface area contributed by atoms with Gasteiger partial charge in [-0.05, 0) is 36.8 Å². The number of fused-ring (bicyclic) bond motifs is 1. The molecule has 0 aliphatic carbocycles. The average Bonchev–Trinajstić information content (AvgIpc) is 2.55. The molecule has 0 saturated carbocycles. The number of ether oxygens (including phenoxy) is 1. The number of aromatic hydroxyl groups is 1. The molecule has 8 nitrogen and oxygen atoms in total. The second-order valence-corrected chi connectivity index (χ2v) is 5.89. The molecule has 0 atom stereocenters. The largest absolute Gasteiger partial charge is 0.507 e. The molecule has 2 aromatic carbocycles. The number of hydrogen-bond acceptors (Lipinski definition) is 6. The number of benzene rings is 2. The van der Waals surface area contributed by atoms with Gasteiger partial charge in [-0.3, -0.25) is 4.79 Å². The lowest BCUT2D eigenvalue weighted by molar-refractivity contribution is -0.133. The van der Waals surface area contributed by atoms with E-state index in [0.717, 1.165) is 11.6 Å². The van der Waals surface area contributed by atoms with Crippen LogP contribution in [0.5, 0.6) is 11.5 Å². The summed E-state index contributed by atoms with van der Waals surface area (Å²) in [6.45, 7) is 1.72. The zero-order valence-corrected chi connectivity index (χ0v) is 13.9. The summed E-state index contributed by atoms with van der Waals surface area (Å²) in [5.41, 5.74) is 1.60. The van der Waals surface area contributed by atoms with Gasteiger partial charge in [0, 0.05) is 11.8 Å². The summed E-state index contributed by atoms with van der Waals surface area (Å²) in [7, 11) is 0. The monoisotopic (exact) mass is 356 g/mol. The number of anilines is 2. The number of amides is 1. The van der Waals surface area contributed by atoms with E-state index in [0.29, 0.717) is 11.4 Å². The van der Waals surface area contributed by atoms with E-state index in [-0.39, 0.29) is 24.3 Å². The van der Waals surface area contributed by atoms with Crippen molar-refractivity contribution in [1.29, 1.82) is 0 Å². The molecular weight excluding hydrogens is 340 g/mol. The summed E-state index contributed by atoms with van der Waals surface area (Å²) in [4.78, 5) is 36.5. The maximum Gasteiger partial charge on any atom is 0.339 e. The van der Waals surface area contributed by atoms with E-state index < -0.39 is 23.6 Å². The minimum atomic E-state index is -1.26. The predicted octanol–water partition coefficient (Wildman–Crippen LogP) is 1.76. The highest BCUT2D eigenvalue weighted by atomic mass is 16.5. The minimum absolute atomic E-state index is 0.0624. The molecule has 26 heavy (non-hydrogen) atoms. The second kappa shape index (κ2) is 6.75. The Hall–Kier alpha value is -3.55. The summed E-state index contributed by atoms with van der Waals surface area (Å²) in [5.74, 6) is -2.20. The van der Waals surface area contributed by atoms with Gasteiger partial charge in [-0.15, -0.1) is 0 Å². The first-order valence-electron chi connectivity index (χ1n) is 7.76. The van der Waals surface area contributed by atoms with Crippen LogP contribution in [0.3, 0.4) is 0 Å². The Morgan fingerprint density at radius 3 is 2.69 bits per heavy atom. The SMILES string of the molecule is Cc1ccc2c(c1)N(CC(=O)Nc1ccc(C(=O)O)c(O)c1)CC(=O)O2. The highest BCUT2D eigenvalue weighted by Crippen LogP contribution is 2.32. The number of aryl methyl sites for hydroxylation is 1. The van der Waals surface area contributed by atoms with Crippen LogP contribution in [0.2, 0.25) is 0 Å². The van der Waals surface area contributed by atoms with Crippen LogP contribution in [-0.4, -0.2) is 41.1 Å². The standard InChI is InChI=1S/C18H16N2O6/c1-10-2-5-15-13(6-10)20(9-17(23)26-15)8-16(22)19-11-3-4-12(18(24)25)14(21)7-11/h2-7,21H,8-9H2,1H3,(H,19,22)(H,24,25). The van der Waals surface area contributed by atoms with Crippen molar-refractivity contribution < 1.29 is 29.3 Å². The van der Waals surface area contributed by atoms with Gasteiger partial charge in [0.15, 0.2) is 5.75 Å². The normalized spacial score (nSPS) is 13.0. The zero-order chi connectivity index (χ0) is 18.8. The Labute approximate surface area is 148 Å². The molecule has 1 aliphatic heterocycles. The topological polar surface area (TPSA) is 116 Å². The molecule has 0 spiro atoms. The van der Waals surface area contributed by atoms with E-state index in [1.54, 1.807) is 11.0 Å². The van der Waals surface area contributed by atoms with E-state index in [2.05, 4.69) is 5.32 Å². The number of nitrogens with one attached hydrogen (secondary N) is 1. The molecular formula is C18H16N2O6. The first-order chi connectivity index (χ1) is 12.3. The van der Waals surface area contributed by atoms with Crippen LogP contribution in [0, 0.1) is 6.92 Å². The fourth-order valence-electron chi connectivity index (χ4n) is 2.66. The fourth-order valence-corrected chi connectivity index (χ4v) is 2.66. The van der Waals surface area contributed by atoms with E-state index >= 15 is 0 Å². The van der Waals surface area contributed by atoms with E-state index in [1.807, 2.05) is 19.1 Å². The molecule has 3 N–H and O–H groups in total. The lowest BCUT2D eigenvalue weighted by Gasteiger charge is -2.29. The van der Waals surface area contributed by atoms with Crippen LogP contribution < -0.4 is 15.0 Å². The summed E-state index contributed by atoms with van der Waals surface area (Å²) < 4.78 is 5.17. The fraction of sp³-hybridized carbons (Fsp3) is 0.167. The maximum absolute atomic E-state index is 12.3. The van der Waals surface area contributed by atoms with Crippen LogP contribution >= 0.6 is 0 Å². The molecule has 0 fully saturated rings. The molecule has 1 aliphatic rings. The van der Waals surface area contributed by atoms with Crippen molar-refractivity contribution in [3.8, 4) is 11.5 Å². The third-order valence-corrected chi connectivity index (χ3v) is 3.85. The minimum Gasteiger partial charge on any atom is -0.507 e. The maximum atomic E-state index is 12.3. The Morgan fingerprint density at radius 2 is 2.00 bits per heavy atom. The highest BCUT2D eigenvalue weighted by Gasteiger charge is 2.25. The molecule has 0 unspecified atom stereocenters. The number of carbonyl (C=O) groups is 3. The summed E-state index contributed by atoms with van der Waals surface area (Å²) >= 11 is 0. The Kier molecular flexibility index (Phi) is 4.49. The number of carboxylic acid groups (broad SMARTS) is 1.